The van der Waals surface area contributed by atoms with Gasteiger partial charge in [0.05, 0.1) is 4.08 Å². The van der Waals surface area contributed by atoms with Crippen LogP contribution < -0.4 is 0 Å². The Hall–Kier alpha value is -0.860. The van der Waals surface area contributed by atoms with Gasteiger partial charge in [0, 0.05) is 9.79 Å². The smallest absolute Gasteiger partial charge is 0.0734 e. The highest BCUT2D eigenvalue weighted by Gasteiger charge is 2.53. The van der Waals surface area contributed by atoms with Gasteiger partial charge in [0.25, 0.3) is 0 Å². The van der Waals surface area contributed by atoms with E-state index in [0.29, 0.717) is 4.08 Å². The summed E-state index contributed by atoms with van der Waals surface area (Å²) >= 11 is 4.05. The summed E-state index contributed by atoms with van der Waals surface area (Å²) in [4.78, 5) is 2.76. The molecular formula is C16H16S2. The van der Waals surface area contributed by atoms with Gasteiger partial charge in [-0.2, -0.15) is 0 Å². The highest BCUT2D eigenvalue weighted by atomic mass is 32.2. The van der Waals surface area contributed by atoms with Gasteiger partial charge in [0.1, 0.15) is 0 Å². The van der Waals surface area contributed by atoms with Gasteiger partial charge in [-0.05, 0) is 36.6 Å². The summed E-state index contributed by atoms with van der Waals surface area (Å²) in [5, 5.41) is 0. The molecule has 18 heavy (non-hydrogen) atoms. The summed E-state index contributed by atoms with van der Waals surface area (Å²) in [6.45, 7) is 2.35. The van der Waals surface area contributed by atoms with Crippen LogP contribution in [0.25, 0.3) is 0 Å². The largest absolute Gasteiger partial charge is 0.108 e. The molecule has 2 aromatic carbocycles. The lowest BCUT2D eigenvalue weighted by Crippen LogP contribution is -1.99. The molecule has 0 N–H and O–H groups in total. The zero-order valence-corrected chi connectivity index (χ0v) is 12.0. The Labute approximate surface area is 117 Å². The summed E-state index contributed by atoms with van der Waals surface area (Å²) in [7, 11) is 0. The highest BCUT2D eigenvalue weighted by molar-refractivity contribution is 8.18. The van der Waals surface area contributed by atoms with Crippen molar-refractivity contribution in [3.05, 3.63) is 60.7 Å². The van der Waals surface area contributed by atoms with Gasteiger partial charge >= 0.3 is 0 Å². The Morgan fingerprint density at radius 2 is 1.22 bits per heavy atom. The molecule has 0 nitrogen and oxygen atoms in total. The summed E-state index contributed by atoms with van der Waals surface area (Å²) < 4.78 is 0.350. The Bertz CT molecular complexity index is 466. The maximum atomic E-state index is 2.35. The molecule has 0 amide bonds. The quantitative estimate of drug-likeness (QED) is 0.692. The normalized spacial score (nSPS) is 20.6. The van der Waals surface area contributed by atoms with Crippen LogP contribution in [-0.4, -0.2) is 4.08 Å². The first-order valence-electron chi connectivity index (χ1n) is 6.27. The summed E-state index contributed by atoms with van der Waals surface area (Å²) in [5.41, 5.74) is 0. The maximum absolute atomic E-state index is 2.35. The predicted octanol–water partition coefficient (Wildman–Crippen LogP) is 5.31. The van der Waals surface area contributed by atoms with E-state index < -0.39 is 0 Å². The van der Waals surface area contributed by atoms with Gasteiger partial charge in [0.15, 0.2) is 0 Å². The second kappa shape index (κ2) is 5.02. The number of hydrogen-bond donors (Lipinski definition) is 0. The number of hydrogen-bond acceptors (Lipinski definition) is 2. The number of thioether (sulfide) groups is 2. The van der Waals surface area contributed by atoms with E-state index in [1.165, 1.54) is 16.2 Å². The Morgan fingerprint density at radius 1 is 0.833 bits per heavy atom. The molecule has 3 rings (SSSR count). The van der Waals surface area contributed by atoms with E-state index in [0.717, 1.165) is 5.92 Å². The fourth-order valence-corrected chi connectivity index (χ4v) is 5.25. The fourth-order valence-electron chi connectivity index (χ4n) is 2.05. The predicted molar refractivity (Wildman–Crippen MR) is 81.1 cm³/mol. The summed E-state index contributed by atoms with van der Waals surface area (Å²) in [6, 6.07) is 21.5. The standard InChI is InChI=1S/C16H16S2/c1-13-12-16(13,17-14-8-4-2-5-9-14)18-15-10-6-3-7-11-15/h2-11,13H,12H2,1H3. The molecule has 2 aromatic rings. The minimum Gasteiger partial charge on any atom is -0.108 e. The lowest BCUT2D eigenvalue weighted by molar-refractivity contribution is 0.970. The summed E-state index contributed by atoms with van der Waals surface area (Å²) in [6.07, 6.45) is 1.30. The average Bonchev–Trinajstić information content (AvgIpc) is 3.01. The van der Waals surface area contributed by atoms with Crippen LogP contribution >= 0.6 is 23.5 Å². The molecule has 1 unspecified atom stereocenters. The molecule has 0 aliphatic heterocycles. The van der Waals surface area contributed by atoms with E-state index in [1.807, 2.05) is 23.5 Å². The first kappa shape index (κ1) is 12.2. The van der Waals surface area contributed by atoms with E-state index in [2.05, 4.69) is 67.6 Å². The summed E-state index contributed by atoms with van der Waals surface area (Å²) in [5.74, 6) is 0.785. The van der Waals surface area contributed by atoms with Gasteiger partial charge in [-0.3, -0.25) is 0 Å². The molecule has 2 heteroatoms. The van der Waals surface area contributed by atoms with Crippen LogP contribution in [0.4, 0.5) is 0 Å². The van der Waals surface area contributed by atoms with Crippen LogP contribution in [0.5, 0.6) is 0 Å². The second-order valence-corrected chi connectivity index (χ2v) is 7.81. The molecule has 1 aliphatic rings. The van der Waals surface area contributed by atoms with Gasteiger partial charge in [-0.1, -0.05) is 43.3 Å². The van der Waals surface area contributed by atoms with Gasteiger partial charge < -0.3 is 0 Å². The van der Waals surface area contributed by atoms with Gasteiger partial charge in [-0.15, -0.1) is 23.5 Å². The van der Waals surface area contributed by atoms with Crippen molar-refractivity contribution in [2.75, 3.05) is 0 Å². The first-order chi connectivity index (χ1) is 8.78. The second-order valence-electron chi connectivity index (χ2n) is 4.75. The molecule has 1 fully saturated rings. The molecule has 0 bridgehead atoms. The van der Waals surface area contributed by atoms with E-state index in [-0.39, 0.29) is 0 Å². The van der Waals surface area contributed by atoms with Crippen molar-refractivity contribution in [3.63, 3.8) is 0 Å². The third-order valence-electron chi connectivity index (χ3n) is 3.25. The third kappa shape index (κ3) is 2.60. The molecule has 0 aromatic heterocycles. The van der Waals surface area contributed by atoms with Crippen molar-refractivity contribution in [1.82, 2.24) is 0 Å². The lowest BCUT2D eigenvalue weighted by atomic mass is 10.4. The molecule has 1 aliphatic carbocycles. The average molecular weight is 272 g/mol. The molecule has 0 spiro atoms. The van der Waals surface area contributed by atoms with Crippen molar-refractivity contribution in [1.29, 1.82) is 0 Å². The number of rotatable bonds is 4. The fraction of sp³-hybridized carbons (Fsp3) is 0.250. The third-order valence-corrected chi connectivity index (χ3v) is 6.59. The highest BCUT2D eigenvalue weighted by Crippen LogP contribution is 2.65. The monoisotopic (exact) mass is 272 g/mol. The van der Waals surface area contributed by atoms with Crippen molar-refractivity contribution < 1.29 is 0 Å². The Balaban J connectivity index is 1.76. The van der Waals surface area contributed by atoms with Gasteiger partial charge in [0.2, 0.25) is 0 Å². The van der Waals surface area contributed by atoms with Crippen molar-refractivity contribution in [2.24, 2.45) is 5.92 Å². The van der Waals surface area contributed by atoms with Crippen LogP contribution in [0.2, 0.25) is 0 Å². The Kier molecular flexibility index (Phi) is 3.40. The van der Waals surface area contributed by atoms with Crippen molar-refractivity contribution in [3.8, 4) is 0 Å². The zero-order valence-electron chi connectivity index (χ0n) is 10.4. The van der Waals surface area contributed by atoms with Crippen LogP contribution in [0, 0.1) is 5.92 Å². The van der Waals surface area contributed by atoms with Crippen LogP contribution in [-0.2, 0) is 0 Å². The lowest BCUT2D eigenvalue weighted by Gasteiger charge is -2.16. The van der Waals surface area contributed by atoms with Crippen molar-refractivity contribution in [2.45, 2.75) is 27.2 Å². The van der Waals surface area contributed by atoms with Crippen LogP contribution in [0.1, 0.15) is 13.3 Å². The minimum atomic E-state index is 0.350. The van der Waals surface area contributed by atoms with E-state index >= 15 is 0 Å². The first-order valence-corrected chi connectivity index (χ1v) is 7.90. The van der Waals surface area contributed by atoms with E-state index in [1.54, 1.807) is 0 Å². The molecule has 1 atom stereocenters. The van der Waals surface area contributed by atoms with E-state index in [9.17, 15) is 0 Å². The molecule has 0 radical (unpaired) electrons. The van der Waals surface area contributed by atoms with Crippen LogP contribution in [0.15, 0.2) is 70.5 Å². The molecule has 1 saturated carbocycles. The molecule has 0 heterocycles. The zero-order chi connectivity index (χ0) is 12.4. The Morgan fingerprint density at radius 3 is 1.56 bits per heavy atom. The van der Waals surface area contributed by atoms with Crippen LogP contribution in [0.3, 0.4) is 0 Å². The number of benzene rings is 2. The SMILES string of the molecule is CC1CC1(Sc1ccccc1)Sc1ccccc1. The van der Waals surface area contributed by atoms with E-state index in [4.69, 9.17) is 0 Å². The molecule has 92 valence electrons. The minimum absolute atomic E-state index is 0.350. The van der Waals surface area contributed by atoms with Crippen molar-refractivity contribution >= 4 is 23.5 Å². The topological polar surface area (TPSA) is 0 Å². The molecule has 0 saturated heterocycles. The maximum Gasteiger partial charge on any atom is 0.0734 e. The van der Waals surface area contributed by atoms with Gasteiger partial charge in [-0.25, -0.2) is 0 Å². The molecular weight excluding hydrogens is 256 g/mol.